The normalized spacial score (nSPS) is 14.4. The number of piperidine rings is 1. The summed E-state index contributed by atoms with van der Waals surface area (Å²) in [7, 11) is 1.76. The van der Waals surface area contributed by atoms with E-state index in [0.717, 1.165) is 25.9 Å². The number of rotatable bonds is 7. The van der Waals surface area contributed by atoms with Gasteiger partial charge < -0.3 is 24.5 Å². The van der Waals surface area contributed by atoms with E-state index in [1.54, 1.807) is 42.8 Å². The smallest absolute Gasteiger partial charge is 0.272 e. The Morgan fingerprint density at radius 2 is 1.88 bits per heavy atom. The van der Waals surface area contributed by atoms with Gasteiger partial charge in [-0.15, -0.1) is 0 Å². The van der Waals surface area contributed by atoms with Crippen molar-refractivity contribution in [1.29, 1.82) is 0 Å². The average molecular weight is 451 g/mol. The molecule has 1 aliphatic rings. The Kier molecular flexibility index (Phi) is 6.65. The molecule has 1 fully saturated rings. The van der Waals surface area contributed by atoms with Crippen LogP contribution < -0.4 is 20.9 Å². The van der Waals surface area contributed by atoms with Crippen molar-refractivity contribution >= 4 is 22.6 Å². The highest BCUT2D eigenvalue weighted by molar-refractivity contribution is 6.04. The van der Waals surface area contributed by atoms with Gasteiger partial charge in [0.05, 0.1) is 18.7 Å². The molecule has 0 atom stereocenters. The fraction of sp³-hybridized carbons (Fsp3) is 0.400. The number of benzene rings is 1. The van der Waals surface area contributed by atoms with E-state index >= 15 is 0 Å². The van der Waals surface area contributed by atoms with Crippen LogP contribution in [-0.2, 0) is 13.6 Å². The number of amides is 1. The Hall–Kier alpha value is -3.39. The van der Waals surface area contributed by atoms with Gasteiger partial charge in [-0.2, -0.15) is 0 Å². The molecule has 1 saturated heterocycles. The van der Waals surface area contributed by atoms with Crippen molar-refractivity contribution in [2.75, 3.05) is 19.7 Å². The zero-order chi connectivity index (χ0) is 23.5. The van der Waals surface area contributed by atoms with Crippen molar-refractivity contribution < 1.29 is 14.3 Å². The van der Waals surface area contributed by atoms with Crippen LogP contribution in [0.5, 0.6) is 5.75 Å². The number of aryl methyl sites for hydroxylation is 2. The van der Waals surface area contributed by atoms with Crippen molar-refractivity contribution in [2.24, 2.45) is 7.05 Å². The van der Waals surface area contributed by atoms with Gasteiger partial charge in [-0.25, -0.2) is 0 Å². The van der Waals surface area contributed by atoms with Crippen LogP contribution in [-0.4, -0.2) is 46.6 Å². The minimum absolute atomic E-state index is 0.0770. The molecule has 3 aromatic rings. The molecule has 0 radical (unpaired) electrons. The number of pyridine rings is 1. The summed E-state index contributed by atoms with van der Waals surface area (Å²) < 4.78 is 9.02. The lowest BCUT2D eigenvalue weighted by molar-refractivity contribution is 0.0916. The van der Waals surface area contributed by atoms with Gasteiger partial charge in [-0.05, 0) is 45.8 Å². The van der Waals surface area contributed by atoms with Crippen LogP contribution in [0.15, 0.2) is 41.2 Å². The van der Waals surface area contributed by atoms with E-state index < -0.39 is 0 Å². The number of nitrogens with one attached hydrogen (secondary N) is 2. The SMILES string of the molecule is CCOc1c(C(=O)NC2CCNCC2)n(C)c2cc(C)n(CC(=O)c3ccccc3)c(=O)c12. The number of ketones is 1. The molecule has 0 saturated carbocycles. The molecule has 8 nitrogen and oxygen atoms in total. The molecule has 1 aromatic carbocycles. The van der Waals surface area contributed by atoms with Gasteiger partial charge in [0.15, 0.2) is 17.2 Å². The number of carbonyl (C=O) groups is 2. The van der Waals surface area contributed by atoms with Crippen LogP contribution in [0.1, 0.15) is 46.3 Å². The van der Waals surface area contributed by atoms with Crippen LogP contribution in [0.3, 0.4) is 0 Å². The van der Waals surface area contributed by atoms with Crippen LogP contribution in [0.4, 0.5) is 0 Å². The minimum Gasteiger partial charge on any atom is -0.491 e. The highest BCUT2D eigenvalue weighted by Gasteiger charge is 2.28. The summed E-state index contributed by atoms with van der Waals surface area (Å²) in [5.41, 5.74) is 1.79. The molecule has 2 aromatic heterocycles. The first-order chi connectivity index (χ1) is 15.9. The summed E-state index contributed by atoms with van der Waals surface area (Å²) in [6, 6.07) is 10.8. The highest BCUT2D eigenvalue weighted by Crippen LogP contribution is 2.31. The molecule has 0 bridgehead atoms. The zero-order valence-corrected chi connectivity index (χ0v) is 19.3. The quantitative estimate of drug-likeness (QED) is 0.539. The first-order valence-corrected chi connectivity index (χ1v) is 11.4. The molecule has 8 heteroatoms. The Balaban J connectivity index is 1.77. The summed E-state index contributed by atoms with van der Waals surface area (Å²) in [6.07, 6.45) is 1.71. The van der Waals surface area contributed by atoms with E-state index in [1.165, 1.54) is 4.57 Å². The summed E-state index contributed by atoms with van der Waals surface area (Å²) in [5.74, 6) is -0.140. The molecule has 1 aliphatic heterocycles. The number of aromatic nitrogens is 2. The average Bonchev–Trinajstić information content (AvgIpc) is 3.09. The third-order valence-electron chi connectivity index (χ3n) is 6.20. The van der Waals surface area contributed by atoms with E-state index in [-0.39, 0.29) is 35.6 Å². The molecule has 0 unspecified atom stereocenters. The van der Waals surface area contributed by atoms with Crippen LogP contribution in [0.25, 0.3) is 10.9 Å². The molecular weight excluding hydrogens is 420 g/mol. The van der Waals surface area contributed by atoms with Crippen LogP contribution >= 0.6 is 0 Å². The van der Waals surface area contributed by atoms with E-state index in [9.17, 15) is 14.4 Å². The lowest BCUT2D eigenvalue weighted by Crippen LogP contribution is -2.43. The summed E-state index contributed by atoms with van der Waals surface area (Å²) in [4.78, 5) is 39.6. The van der Waals surface area contributed by atoms with E-state index in [2.05, 4.69) is 10.6 Å². The fourth-order valence-electron chi connectivity index (χ4n) is 4.44. The Bertz CT molecular complexity index is 1240. The van der Waals surface area contributed by atoms with Crippen molar-refractivity contribution in [3.05, 3.63) is 63.7 Å². The molecule has 0 spiro atoms. The number of hydrogen-bond donors (Lipinski definition) is 2. The van der Waals surface area contributed by atoms with E-state index in [0.29, 0.717) is 34.5 Å². The molecular formula is C25H30N4O4. The standard InChI is InChI=1S/C25H30N4O4/c1-4-33-23-21-19(28(3)22(23)24(31)27-18-10-12-26-13-11-18)14-16(2)29(25(21)32)15-20(30)17-8-6-5-7-9-17/h5-9,14,18,26H,4,10-13,15H2,1-3H3,(H,27,31). The predicted molar refractivity (Wildman–Crippen MR) is 127 cm³/mol. The lowest BCUT2D eigenvalue weighted by Gasteiger charge is -2.24. The van der Waals surface area contributed by atoms with Crippen molar-refractivity contribution in [3.8, 4) is 5.75 Å². The van der Waals surface area contributed by atoms with Gasteiger partial charge in [0, 0.05) is 24.3 Å². The monoisotopic (exact) mass is 450 g/mol. The minimum atomic E-state index is -0.339. The van der Waals surface area contributed by atoms with Crippen molar-refractivity contribution in [2.45, 2.75) is 39.3 Å². The van der Waals surface area contributed by atoms with Gasteiger partial charge in [-0.1, -0.05) is 30.3 Å². The van der Waals surface area contributed by atoms with Crippen molar-refractivity contribution in [1.82, 2.24) is 19.8 Å². The first kappa shape index (κ1) is 22.8. The number of ether oxygens (including phenoxy) is 1. The predicted octanol–water partition coefficient (Wildman–Crippen LogP) is 2.41. The first-order valence-electron chi connectivity index (χ1n) is 11.4. The second-order valence-electron chi connectivity index (χ2n) is 8.39. The maximum atomic E-state index is 13.6. The molecule has 174 valence electrons. The largest absolute Gasteiger partial charge is 0.491 e. The fourth-order valence-corrected chi connectivity index (χ4v) is 4.44. The number of Topliss-reactive ketones (excluding diaryl/α,β-unsaturated/α-hetero) is 1. The highest BCUT2D eigenvalue weighted by atomic mass is 16.5. The van der Waals surface area contributed by atoms with Gasteiger partial charge in [-0.3, -0.25) is 14.4 Å². The van der Waals surface area contributed by atoms with Gasteiger partial charge in [0.25, 0.3) is 11.5 Å². The van der Waals surface area contributed by atoms with Gasteiger partial charge >= 0.3 is 0 Å². The van der Waals surface area contributed by atoms with E-state index in [4.69, 9.17) is 4.74 Å². The van der Waals surface area contributed by atoms with Crippen LogP contribution in [0, 0.1) is 6.92 Å². The second kappa shape index (κ2) is 9.62. The summed E-state index contributed by atoms with van der Waals surface area (Å²) in [6.45, 7) is 5.56. The maximum absolute atomic E-state index is 13.6. The third-order valence-corrected chi connectivity index (χ3v) is 6.20. The maximum Gasteiger partial charge on any atom is 0.272 e. The topological polar surface area (TPSA) is 94.4 Å². The summed E-state index contributed by atoms with van der Waals surface area (Å²) in [5, 5.41) is 6.70. The summed E-state index contributed by atoms with van der Waals surface area (Å²) >= 11 is 0. The number of hydrogen-bond acceptors (Lipinski definition) is 5. The molecule has 0 aliphatic carbocycles. The Morgan fingerprint density at radius 3 is 2.55 bits per heavy atom. The Morgan fingerprint density at radius 1 is 1.18 bits per heavy atom. The second-order valence-corrected chi connectivity index (χ2v) is 8.39. The zero-order valence-electron chi connectivity index (χ0n) is 19.3. The number of nitrogens with zero attached hydrogens (tertiary/aromatic N) is 2. The van der Waals surface area contributed by atoms with Crippen LogP contribution in [0.2, 0.25) is 0 Å². The molecule has 33 heavy (non-hydrogen) atoms. The van der Waals surface area contributed by atoms with Crippen molar-refractivity contribution in [3.63, 3.8) is 0 Å². The molecule has 3 heterocycles. The number of fused-ring (bicyclic) bond motifs is 1. The third kappa shape index (κ3) is 4.43. The molecule has 1 amide bonds. The van der Waals surface area contributed by atoms with Gasteiger partial charge in [0.2, 0.25) is 0 Å². The lowest BCUT2D eigenvalue weighted by atomic mass is 10.1. The molecule has 2 N–H and O–H groups in total. The van der Waals surface area contributed by atoms with Gasteiger partial charge in [0.1, 0.15) is 5.39 Å². The molecule has 4 rings (SSSR count). The van der Waals surface area contributed by atoms with E-state index in [1.807, 2.05) is 19.1 Å². The number of carbonyl (C=O) groups excluding carboxylic acids is 2. The Labute approximate surface area is 192 Å².